The van der Waals surface area contributed by atoms with Gasteiger partial charge in [-0.15, -0.1) is 0 Å². The molecule has 1 saturated carbocycles. The molecule has 21 heavy (non-hydrogen) atoms. The van der Waals surface area contributed by atoms with Crippen molar-refractivity contribution in [3.63, 3.8) is 0 Å². The Morgan fingerprint density at radius 2 is 1.81 bits per heavy atom. The summed E-state index contributed by atoms with van der Waals surface area (Å²) in [5.41, 5.74) is 0.204. The van der Waals surface area contributed by atoms with Gasteiger partial charge in [0.05, 0.1) is 6.20 Å². The number of alkyl halides is 6. The van der Waals surface area contributed by atoms with Crippen LogP contribution in [0.15, 0.2) is 18.5 Å². The van der Waals surface area contributed by atoms with E-state index in [2.05, 4.69) is 15.0 Å². The van der Waals surface area contributed by atoms with Crippen LogP contribution in [0, 0.1) is 0 Å². The van der Waals surface area contributed by atoms with E-state index in [-0.39, 0.29) is 18.2 Å². The van der Waals surface area contributed by atoms with Crippen LogP contribution in [0.5, 0.6) is 5.75 Å². The van der Waals surface area contributed by atoms with Crippen molar-refractivity contribution >= 4 is 0 Å². The molecule has 118 valence electrons. The Labute approximate surface area is 116 Å². The number of hydrogen-bond donors (Lipinski definition) is 1. The van der Waals surface area contributed by atoms with Gasteiger partial charge in [0, 0.05) is 24.3 Å². The topological polar surface area (TPSA) is 34.1 Å². The minimum Gasteiger partial charge on any atom is -0.469 e. The van der Waals surface area contributed by atoms with Crippen LogP contribution in [-0.4, -0.2) is 29.5 Å². The molecule has 1 aromatic rings. The molecular formula is C12H12F6N2O. The molecule has 0 amide bonds. The van der Waals surface area contributed by atoms with Gasteiger partial charge < -0.3 is 10.1 Å². The number of pyridine rings is 1. The Morgan fingerprint density at radius 3 is 2.33 bits per heavy atom. The Bertz CT molecular complexity index is 469. The van der Waals surface area contributed by atoms with Crippen molar-refractivity contribution in [2.45, 2.75) is 43.9 Å². The zero-order valence-electron chi connectivity index (χ0n) is 10.6. The van der Waals surface area contributed by atoms with E-state index in [4.69, 9.17) is 0 Å². The van der Waals surface area contributed by atoms with Gasteiger partial charge >= 0.3 is 12.4 Å². The van der Waals surface area contributed by atoms with Crippen LogP contribution in [0.25, 0.3) is 0 Å². The molecule has 3 nitrogen and oxygen atoms in total. The maximum atomic E-state index is 12.5. The van der Waals surface area contributed by atoms with Crippen LogP contribution in [0.1, 0.15) is 18.4 Å². The maximum Gasteiger partial charge on any atom is 0.434 e. The first-order valence-corrected chi connectivity index (χ1v) is 6.14. The van der Waals surface area contributed by atoms with Crippen molar-refractivity contribution in [1.82, 2.24) is 10.3 Å². The quantitative estimate of drug-likeness (QED) is 0.848. The van der Waals surface area contributed by atoms with E-state index in [0.717, 1.165) is 19.0 Å². The molecule has 0 bridgehead atoms. The maximum absolute atomic E-state index is 12.5. The highest BCUT2D eigenvalue weighted by Crippen LogP contribution is 2.37. The third-order valence-corrected chi connectivity index (χ3v) is 2.87. The van der Waals surface area contributed by atoms with E-state index >= 15 is 0 Å². The van der Waals surface area contributed by atoms with Gasteiger partial charge in [-0.1, -0.05) is 0 Å². The third-order valence-electron chi connectivity index (χ3n) is 2.87. The normalized spacial score (nSPS) is 16.3. The molecule has 0 atom stereocenters. The predicted molar refractivity (Wildman–Crippen MR) is 60.6 cm³/mol. The monoisotopic (exact) mass is 314 g/mol. The van der Waals surface area contributed by atoms with Gasteiger partial charge in [0.1, 0.15) is 5.75 Å². The third kappa shape index (κ3) is 4.48. The lowest BCUT2D eigenvalue weighted by Crippen LogP contribution is -2.46. The number of hydrogen-bond acceptors (Lipinski definition) is 3. The fraction of sp³-hybridized carbons (Fsp3) is 0.583. The number of nitrogens with zero attached hydrogens (tertiary/aromatic N) is 1. The summed E-state index contributed by atoms with van der Waals surface area (Å²) in [6.07, 6.45) is -10.9. The molecule has 9 heteroatoms. The minimum atomic E-state index is -5.55. The Morgan fingerprint density at radius 1 is 1.19 bits per heavy atom. The number of halogens is 6. The van der Waals surface area contributed by atoms with Crippen molar-refractivity contribution in [2.24, 2.45) is 0 Å². The second kappa shape index (κ2) is 5.70. The van der Waals surface area contributed by atoms with Gasteiger partial charge in [0.25, 0.3) is 6.10 Å². The number of ether oxygens (including phenoxy) is 1. The first kappa shape index (κ1) is 15.9. The lowest BCUT2D eigenvalue weighted by Gasteiger charge is -2.24. The van der Waals surface area contributed by atoms with E-state index in [0.29, 0.717) is 0 Å². The summed E-state index contributed by atoms with van der Waals surface area (Å²) in [6, 6.07) is 1.58. The van der Waals surface area contributed by atoms with Gasteiger partial charge in [-0.05, 0) is 18.9 Å². The van der Waals surface area contributed by atoms with Crippen LogP contribution < -0.4 is 10.1 Å². The first-order valence-electron chi connectivity index (χ1n) is 6.14. The molecule has 1 aliphatic carbocycles. The Kier molecular flexibility index (Phi) is 4.31. The lowest BCUT2D eigenvalue weighted by molar-refractivity contribution is -0.300. The van der Waals surface area contributed by atoms with Crippen molar-refractivity contribution in [1.29, 1.82) is 0 Å². The average molecular weight is 314 g/mol. The van der Waals surface area contributed by atoms with Crippen LogP contribution in [-0.2, 0) is 6.54 Å². The average Bonchev–Trinajstić information content (AvgIpc) is 3.15. The van der Waals surface area contributed by atoms with Gasteiger partial charge in [0.15, 0.2) is 0 Å². The molecule has 1 N–H and O–H groups in total. The summed E-state index contributed by atoms with van der Waals surface area (Å²) in [5.74, 6) is -0.523. The highest BCUT2D eigenvalue weighted by Gasteiger charge is 2.59. The van der Waals surface area contributed by atoms with Crippen LogP contribution in [0.4, 0.5) is 26.3 Å². The molecule has 0 aliphatic heterocycles. The second-order valence-corrected chi connectivity index (χ2v) is 4.72. The van der Waals surface area contributed by atoms with E-state index in [1.807, 2.05) is 0 Å². The summed E-state index contributed by atoms with van der Waals surface area (Å²) >= 11 is 0. The highest BCUT2D eigenvalue weighted by atomic mass is 19.4. The molecule has 0 unspecified atom stereocenters. The summed E-state index contributed by atoms with van der Waals surface area (Å²) < 4.78 is 79.0. The zero-order chi connectivity index (χ0) is 15.7. The van der Waals surface area contributed by atoms with Gasteiger partial charge in [-0.25, -0.2) is 0 Å². The smallest absolute Gasteiger partial charge is 0.434 e. The summed E-state index contributed by atoms with van der Waals surface area (Å²) in [5, 5.41) is 2.99. The van der Waals surface area contributed by atoms with Crippen molar-refractivity contribution < 1.29 is 31.1 Å². The molecule has 0 spiro atoms. The predicted octanol–water partition coefficient (Wildman–Crippen LogP) is 3.21. The van der Waals surface area contributed by atoms with E-state index in [1.54, 1.807) is 0 Å². The van der Waals surface area contributed by atoms with Crippen LogP contribution in [0.3, 0.4) is 0 Å². The number of nitrogens with one attached hydrogen (secondary N) is 1. The molecule has 0 aromatic carbocycles. The minimum absolute atomic E-state index is 0.130. The fourth-order valence-corrected chi connectivity index (χ4v) is 1.65. The number of rotatable bonds is 5. The first-order chi connectivity index (χ1) is 9.68. The van der Waals surface area contributed by atoms with Gasteiger partial charge in [-0.2, -0.15) is 26.3 Å². The molecule has 1 aliphatic rings. The number of aromatic nitrogens is 1. The van der Waals surface area contributed by atoms with Crippen molar-refractivity contribution in [3.05, 3.63) is 24.0 Å². The van der Waals surface area contributed by atoms with Crippen LogP contribution >= 0.6 is 0 Å². The molecule has 0 radical (unpaired) electrons. The van der Waals surface area contributed by atoms with Crippen LogP contribution in [0.2, 0.25) is 0 Å². The Hall–Kier alpha value is -1.51. The van der Waals surface area contributed by atoms with E-state index in [9.17, 15) is 26.3 Å². The molecule has 1 fully saturated rings. The Balaban J connectivity index is 2.15. The van der Waals surface area contributed by atoms with E-state index < -0.39 is 24.2 Å². The molecular weight excluding hydrogens is 302 g/mol. The summed E-state index contributed by atoms with van der Waals surface area (Å²) in [4.78, 5) is 3.52. The van der Waals surface area contributed by atoms with Gasteiger partial charge in [0.2, 0.25) is 0 Å². The lowest BCUT2D eigenvalue weighted by atomic mass is 10.2. The summed E-state index contributed by atoms with van der Waals surface area (Å²) in [7, 11) is 0. The summed E-state index contributed by atoms with van der Waals surface area (Å²) in [6.45, 7) is 0.130. The largest absolute Gasteiger partial charge is 0.469 e. The SMILES string of the molecule is FC(F)(F)C(Oc1cnccc1CNC1CC1)C(F)(F)F. The molecule has 2 rings (SSSR count). The molecule has 1 heterocycles. The van der Waals surface area contributed by atoms with Crippen molar-refractivity contribution in [2.75, 3.05) is 0 Å². The fourth-order valence-electron chi connectivity index (χ4n) is 1.65. The van der Waals surface area contributed by atoms with E-state index in [1.165, 1.54) is 12.3 Å². The molecule has 0 saturated heterocycles. The standard InChI is InChI=1S/C12H12F6N2O/c13-11(14,15)10(12(16,17)18)21-9-6-19-4-3-7(9)5-20-8-1-2-8/h3-4,6,8,10,20H,1-2,5H2. The van der Waals surface area contributed by atoms with Crippen molar-refractivity contribution in [3.8, 4) is 5.75 Å². The molecule has 1 aromatic heterocycles. The van der Waals surface area contributed by atoms with Gasteiger partial charge in [-0.3, -0.25) is 4.98 Å². The highest BCUT2D eigenvalue weighted by molar-refractivity contribution is 5.30. The second-order valence-electron chi connectivity index (χ2n) is 4.72. The zero-order valence-corrected chi connectivity index (χ0v) is 10.6.